The number of carbonyl (C=O) groups excluding carboxylic acids is 2. The number of allylic oxidation sites excluding steroid dienone is 2. The average Bonchev–Trinajstić information content (AvgIpc) is 2.78. The van der Waals surface area contributed by atoms with E-state index >= 15 is 0 Å². The van der Waals surface area contributed by atoms with E-state index in [9.17, 15) is 9.59 Å². The summed E-state index contributed by atoms with van der Waals surface area (Å²) in [5.74, 6) is 0.582. The van der Waals surface area contributed by atoms with E-state index in [2.05, 4.69) is 0 Å². The predicted molar refractivity (Wildman–Crippen MR) is 127 cm³/mol. The third kappa shape index (κ3) is 15.7. The Balaban J connectivity index is 2.51. The molecular formula is C24H42N2O8. The van der Waals surface area contributed by atoms with Crippen molar-refractivity contribution in [3.63, 3.8) is 0 Å². The maximum atomic E-state index is 12.3. The summed E-state index contributed by atoms with van der Waals surface area (Å²) < 4.78 is 32.7. The molecule has 2 amide bonds. The molecule has 0 aromatic carbocycles. The minimum absolute atomic E-state index is 0.291. The lowest BCUT2D eigenvalue weighted by Gasteiger charge is -2.22. The zero-order valence-electron chi connectivity index (χ0n) is 21.1. The van der Waals surface area contributed by atoms with Gasteiger partial charge in [-0.15, -0.1) is 0 Å². The van der Waals surface area contributed by atoms with Crippen LogP contribution in [0.15, 0.2) is 24.7 Å². The molecule has 1 aliphatic heterocycles. The molecule has 10 nitrogen and oxygen atoms in total. The van der Waals surface area contributed by atoms with Crippen LogP contribution in [0.3, 0.4) is 0 Å². The van der Waals surface area contributed by atoms with E-state index in [4.69, 9.17) is 28.4 Å². The second kappa shape index (κ2) is 19.2. The van der Waals surface area contributed by atoms with E-state index in [0.717, 1.165) is 0 Å². The first kappa shape index (κ1) is 29.9. The topological polar surface area (TPSA) is 96.0 Å². The highest BCUT2D eigenvalue weighted by atomic mass is 16.6. The van der Waals surface area contributed by atoms with Crippen molar-refractivity contribution in [2.45, 2.75) is 27.7 Å². The molecule has 0 unspecified atom stereocenters. The minimum Gasteiger partial charge on any atom is -0.418 e. The van der Waals surface area contributed by atoms with Gasteiger partial charge in [0.05, 0.1) is 65.4 Å². The molecule has 0 aromatic heterocycles. The van der Waals surface area contributed by atoms with E-state index in [-0.39, 0.29) is 0 Å². The fraction of sp³-hybridized carbons (Fsp3) is 0.750. The Labute approximate surface area is 203 Å². The zero-order valence-corrected chi connectivity index (χ0v) is 21.1. The Hall–Kier alpha value is -2.14. The molecule has 34 heavy (non-hydrogen) atoms. The molecule has 0 bridgehead atoms. The number of amides is 2. The van der Waals surface area contributed by atoms with Crippen molar-refractivity contribution in [2.24, 2.45) is 11.8 Å². The molecular weight excluding hydrogens is 444 g/mol. The van der Waals surface area contributed by atoms with Gasteiger partial charge in [0.25, 0.3) is 0 Å². The second-order valence-corrected chi connectivity index (χ2v) is 8.34. The van der Waals surface area contributed by atoms with E-state index in [0.29, 0.717) is 90.9 Å². The second-order valence-electron chi connectivity index (χ2n) is 8.34. The van der Waals surface area contributed by atoms with E-state index in [1.165, 1.54) is 12.5 Å². The van der Waals surface area contributed by atoms with Crippen LogP contribution in [0.5, 0.6) is 0 Å². The molecule has 1 rings (SSSR count). The summed E-state index contributed by atoms with van der Waals surface area (Å²) in [7, 11) is 0. The molecule has 0 atom stereocenters. The summed E-state index contributed by atoms with van der Waals surface area (Å²) in [5, 5.41) is 0. The lowest BCUT2D eigenvalue weighted by molar-refractivity contribution is 0.00991. The molecule has 1 fully saturated rings. The standard InChI is InChI=1S/C24H42N2O8/c1-21(2)5-11-33-23(27)25-7-13-29-17-19-31-15-9-26(24(28)34-12-6-22(3)4)10-16-32-20-18-30-14-8-25/h5-6,11-12,21-22H,7-10,13-20H2,1-4H3. The van der Waals surface area contributed by atoms with Gasteiger partial charge >= 0.3 is 12.2 Å². The number of hydrogen-bond donors (Lipinski definition) is 0. The van der Waals surface area contributed by atoms with Crippen molar-refractivity contribution in [3.8, 4) is 0 Å². The number of rotatable bonds is 4. The molecule has 0 saturated carbocycles. The van der Waals surface area contributed by atoms with Gasteiger partial charge < -0.3 is 38.2 Å². The van der Waals surface area contributed by atoms with Crippen LogP contribution in [0.1, 0.15) is 27.7 Å². The van der Waals surface area contributed by atoms with E-state index in [1.807, 2.05) is 39.8 Å². The number of hydrogen-bond acceptors (Lipinski definition) is 8. The van der Waals surface area contributed by atoms with Crippen LogP contribution in [0.2, 0.25) is 0 Å². The maximum absolute atomic E-state index is 12.3. The largest absolute Gasteiger partial charge is 0.418 e. The summed E-state index contributed by atoms with van der Waals surface area (Å²) in [5.41, 5.74) is 0. The van der Waals surface area contributed by atoms with Gasteiger partial charge in [-0.1, -0.05) is 27.7 Å². The maximum Gasteiger partial charge on any atom is 0.414 e. The Bertz CT molecular complexity index is 538. The van der Waals surface area contributed by atoms with Gasteiger partial charge in [-0.3, -0.25) is 0 Å². The van der Waals surface area contributed by atoms with Crippen LogP contribution in [0.25, 0.3) is 0 Å². The van der Waals surface area contributed by atoms with Crippen molar-refractivity contribution >= 4 is 12.2 Å². The number of ether oxygens (including phenoxy) is 6. The highest BCUT2D eigenvalue weighted by molar-refractivity contribution is 5.68. The van der Waals surface area contributed by atoms with Crippen LogP contribution in [0, 0.1) is 11.8 Å². The number of carbonyl (C=O) groups is 2. The molecule has 0 spiro atoms. The third-order valence-corrected chi connectivity index (χ3v) is 4.55. The molecule has 0 aromatic rings. The Morgan fingerprint density at radius 1 is 0.588 bits per heavy atom. The van der Waals surface area contributed by atoms with E-state index in [1.54, 1.807) is 9.80 Å². The summed E-state index contributed by atoms with van der Waals surface area (Å²) in [4.78, 5) is 27.8. The minimum atomic E-state index is -0.443. The Morgan fingerprint density at radius 3 is 1.15 bits per heavy atom. The highest BCUT2D eigenvalue weighted by Gasteiger charge is 2.16. The van der Waals surface area contributed by atoms with Crippen LogP contribution >= 0.6 is 0 Å². The van der Waals surface area contributed by atoms with Gasteiger partial charge in [0.2, 0.25) is 0 Å². The quantitative estimate of drug-likeness (QED) is 0.559. The predicted octanol–water partition coefficient (Wildman–Crippen LogP) is 3.28. The van der Waals surface area contributed by atoms with Crippen molar-refractivity contribution in [1.82, 2.24) is 9.80 Å². The van der Waals surface area contributed by atoms with Crippen LogP contribution in [-0.4, -0.2) is 101 Å². The first-order valence-electron chi connectivity index (χ1n) is 12.0. The zero-order chi connectivity index (χ0) is 25.0. The first-order chi connectivity index (χ1) is 16.4. The third-order valence-electron chi connectivity index (χ3n) is 4.55. The molecule has 1 saturated heterocycles. The summed E-state index contributed by atoms with van der Waals surface area (Å²) >= 11 is 0. The molecule has 1 heterocycles. The summed E-state index contributed by atoms with van der Waals surface area (Å²) in [6.45, 7) is 12.4. The van der Waals surface area contributed by atoms with Crippen molar-refractivity contribution in [3.05, 3.63) is 24.7 Å². The molecule has 1 aliphatic rings. The van der Waals surface area contributed by atoms with Crippen LogP contribution < -0.4 is 0 Å². The van der Waals surface area contributed by atoms with Crippen molar-refractivity contribution in [1.29, 1.82) is 0 Å². The van der Waals surface area contributed by atoms with Gasteiger partial charge in [-0.05, 0) is 24.0 Å². The van der Waals surface area contributed by atoms with Gasteiger partial charge in [-0.25, -0.2) is 9.59 Å². The fourth-order valence-corrected chi connectivity index (χ4v) is 2.59. The summed E-state index contributed by atoms with van der Waals surface area (Å²) in [6, 6.07) is 0. The van der Waals surface area contributed by atoms with Gasteiger partial charge in [0.1, 0.15) is 0 Å². The normalized spacial score (nSPS) is 18.9. The van der Waals surface area contributed by atoms with Crippen molar-refractivity contribution in [2.75, 3.05) is 79.0 Å². The SMILES string of the molecule is CC(C)C=COC(=O)N1CCOCCOCCN(C(=O)OC=CC(C)C)CCOCCOCC1. The lowest BCUT2D eigenvalue weighted by atomic mass is 10.2. The number of nitrogens with zero attached hydrogens (tertiary/aromatic N) is 2. The van der Waals surface area contributed by atoms with Gasteiger partial charge in [0, 0.05) is 26.2 Å². The molecule has 0 aliphatic carbocycles. The average molecular weight is 487 g/mol. The smallest absolute Gasteiger partial charge is 0.414 e. The van der Waals surface area contributed by atoms with Gasteiger partial charge in [0.15, 0.2) is 0 Å². The van der Waals surface area contributed by atoms with E-state index < -0.39 is 12.2 Å². The lowest BCUT2D eigenvalue weighted by Crippen LogP contribution is -2.37. The monoisotopic (exact) mass is 486 g/mol. The highest BCUT2D eigenvalue weighted by Crippen LogP contribution is 2.01. The molecule has 196 valence electrons. The van der Waals surface area contributed by atoms with Crippen molar-refractivity contribution < 1.29 is 38.0 Å². The first-order valence-corrected chi connectivity index (χ1v) is 12.0. The van der Waals surface area contributed by atoms with Crippen LogP contribution in [0.4, 0.5) is 9.59 Å². The van der Waals surface area contributed by atoms with Crippen LogP contribution in [-0.2, 0) is 28.4 Å². The molecule has 0 radical (unpaired) electrons. The van der Waals surface area contributed by atoms with Gasteiger partial charge in [-0.2, -0.15) is 0 Å². The summed E-state index contributed by atoms with van der Waals surface area (Å²) in [6.07, 6.45) is 5.57. The molecule has 10 heteroatoms. The molecule has 0 N–H and O–H groups in total. The fourth-order valence-electron chi connectivity index (χ4n) is 2.59. The Morgan fingerprint density at radius 2 is 0.882 bits per heavy atom. The Kier molecular flexibility index (Phi) is 16.9.